The van der Waals surface area contributed by atoms with E-state index in [-0.39, 0.29) is 11.3 Å². The standard InChI is InChI=1S/C15H12O5/c1-8-7-10-11(15(18)19-8)12(16)13(17)14(20-10)9-5-3-2-4-6-9/h2-7,13-14,17H,1H3. The van der Waals surface area contributed by atoms with E-state index in [0.717, 1.165) is 0 Å². The highest BCUT2D eigenvalue weighted by Crippen LogP contribution is 2.33. The maximum Gasteiger partial charge on any atom is 0.350 e. The Morgan fingerprint density at radius 3 is 2.55 bits per heavy atom. The Bertz CT molecular complexity index is 717. The van der Waals surface area contributed by atoms with Gasteiger partial charge in [-0.2, -0.15) is 0 Å². The van der Waals surface area contributed by atoms with Gasteiger partial charge in [0.05, 0.1) is 0 Å². The lowest BCUT2D eigenvalue weighted by Crippen LogP contribution is -2.39. The van der Waals surface area contributed by atoms with Crippen LogP contribution in [0.4, 0.5) is 0 Å². The maximum atomic E-state index is 12.1. The molecule has 5 heteroatoms. The number of hydrogen-bond acceptors (Lipinski definition) is 5. The first-order chi connectivity index (χ1) is 9.58. The first-order valence-corrected chi connectivity index (χ1v) is 6.16. The lowest BCUT2D eigenvalue weighted by atomic mass is 9.94. The van der Waals surface area contributed by atoms with Crippen LogP contribution in [-0.2, 0) is 0 Å². The lowest BCUT2D eigenvalue weighted by Gasteiger charge is -2.29. The Kier molecular flexibility index (Phi) is 2.91. The Morgan fingerprint density at radius 2 is 1.85 bits per heavy atom. The Labute approximate surface area is 114 Å². The fourth-order valence-electron chi connectivity index (χ4n) is 2.28. The van der Waals surface area contributed by atoms with E-state index >= 15 is 0 Å². The van der Waals surface area contributed by atoms with E-state index in [1.165, 1.54) is 6.07 Å². The molecule has 2 unspecified atom stereocenters. The van der Waals surface area contributed by atoms with E-state index < -0.39 is 23.6 Å². The van der Waals surface area contributed by atoms with Crippen LogP contribution in [0.2, 0.25) is 0 Å². The van der Waals surface area contributed by atoms with Crippen molar-refractivity contribution in [2.24, 2.45) is 0 Å². The molecule has 0 radical (unpaired) electrons. The quantitative estimate of drug-likeness (QED) is 0.853. The molecule has 2 aromatic rings. The molecule has 2 atom stereocenters. The van der Waals surface area contributed by atoms with Crippen LogP contribution in [-0.4, -0.2) is 17.0 Å². The van der Waals surface area contributed by atoms with Crippen LogP contribution < -0.4 is 10.4 Å². The van der Waals surface area contributed by atoms with Gasteiger partial charge in [-0.25, -0.2) is 4.79 Å². The van der Waals surface area contributed by atoms with Gasteiger partial charge in [0.25, 0.3) is 0 Å². The molecule has 0 fully saturated rings. The highest BCUT2D eigenvalue weighted by molar-refractivity contribution is 6.02. The molecule has 20 heavy (non-hydrogen) atoms. The van der Waals surface area contributed by atoms with Gasteiger partial charge >= 0.3 is 5.63 Å². The number of fused-ring (bicyclic) bond motifs is 1. The summed E-state index contributed by atoms with van der Waals surface area (Å²) in [7, 11) is 0. The molecule has 0 aliphatic carbocycles. The number of benzene rings is 1. The lowest BCUT2D eigenvalue weighted by molar-refractivity contribution is 0.0205. The first kappa shape index (κ1) is 12.6. The largest absolute Gasteiger partial charge is 0.481 e. The average molecular weight is 272 g/mol. The molecular formula is C15H12O5. The molecular weight excluding hydrogens is 260 g/mol. The molecule has 1 aliphatic heterocycles. The van der Waals surface area contributed by atoms with Gasteiger partial charge in [0, 0.05) is 6.07 Å². The zero-order valence-electron chi connectivity index (χ0n) is 10.7. The molecule has 0 bridgehead atoms. The van der Waals surface area contributed by atoms with Crippen molar-refractivity contribution < 1.29 is 19.1 Å². The summed E-state index contributed by atoms with van der Waals surface area (Å²) >= 11 is 0. The second-order valence-corrected chi connectivity index (χ2v) is 4.64. The fourth-order valence-corrected chi connectivity index (χ4v) is 2.28. The second kappa shape index (κ2) is 4.61. The number of carbonyl (C=O) groups excluding carboxylic acids is 1. The van der Waals surface area contributed by atoms with Crippen LogP contribution >= 0.6 is 0 Å². The van der Waals surface area contributed by atoms with E-state index in [1.54, 1.807) is 31.2 Å². The van der Waals surface area contributed by atoms with Gasteiger partial charge in [0.2, 0.25) is 5.78 Å². The van der Waals surface area contributed by atoms with Crippen molar-refractivity contribution in [1.82, 2.24) is 0 Å². The Balaban J connectivity index is 2.12. The molecule has 1 aromatic heterocycles. The fraction of sp³-hybridized carbons (Fsp3) is 0.200. The number of aliphatic hydroxyl groups excluding tert-OH is 1. The average Bonchev–Trinajstić information content (AvgIpc) is 2.43. The molecule has 1 aliphatic rings. The van der Waals surface area contributed by atoms with Crippen LogP contribution in [0.5, 0.6) is 5.75 Å². The van der Waals surface area contributed by atoms with Gasteiger partial charge in [-0.1, -0.05) is 30.3 Å². The van der Waals surface area contributed by atoms with Crippen LogP contribution in [0, 0.1) is 6.92 Å². The SMILES string of the molecule is Cc1cc2c(c(=O)o1)C(=O)C(O)C(c1ccccc1)O2. The number of aryl methyl sites for hydroxylation is 1. The summed E-state index contributed by atoms with van der Waals surface area (Å²) in [6.45, 7) is 1.60. The topological polar surface area (TPSA) is 76.7 Å². The number of hydrogen-bond donors (Lipinski definition) is 1. The van der Waals surface area contributed by atoms with Gasteiger partial charge in [0.15, 0.2) is 12.2 Å². The van der Waals surface area contributed by atoms with Crippen LogP contribution in [0.1, 0.15) is 27.8 Å². The Hall–Kier alpha value is -2.40. The van der Waals surface area contributed by atoms with Gasteiger partial charge in [-0.05, 0) is 12.5 Å². The molecule has 5 nitrogen and oxygen atoms in total. The highest BCUT2D eigenvalue weighted by atomic mass is 16.5. The predicted molar refractivity (Wildman–Crippen MR) is 69.9 cm³/mol. The van der Waals surface area contributed by atoms with Gasteiger partial charge < -0.3 is 14.3 Å². The highest BCUT2D eigenvalue weighted by Gasteiger charge is 2.39. The van der Waals surface area contributed by atoms with E-state index in [0.29, 0.717) is 11.3 Å². The number of ketones is 1. The predicted octanol–water partition coefficient (Wildman–Crippen LogP) is 1.63. The van der Waals surface area contributed by atoms with Crippen molar-refractivity contribution in [2.45, 2.75) is 19.1 Å². The smallest absolute Gasteiger partial charge is 0.350 e. The summed E-state index contributed by atoms with van der Waals surface area (Å²) < 4.78 is 10.5. The number of rotatable bonds is 1. The van der Waals surface area contributed by atoms with Gasteiger partial charge in [-0.15, -0.1) is 0 Å². The molecule has 0 saturated heterocycles. The third-order valence-corrected chi connectivity index (χ3v) is 3.22. The minimum atomic E-state index is -1.42. The first-order valence-electron chi connectivity index (χ1n) is 6.16. The Morgan fingerprint density at radius 1 is 1.15 bits per heavy atom. The van der Waals surface area contributed by atoms with Crippen LogP contribution in [0.15, 0.2) is 45.6 Å². The van der Waals surface area contributed by atoms with Crippen molar-refractivity contribution in [3.63, 3.8) is 0 Å². The third-order valence-electron chi connectivity index (χ3n) is 3.22. The normalized spacial score (nSPS) is 21.2. The summed E-state index contributed by atoms with van der Waals surface area (Å²) in [5, 5.41) is 10.1. The molecule has 102 valence electrons. The summed E-state index contributed by atoms with van der Waals surface area (Å²) in [5.74, 6) is -0.165. The molecule has 3 rings (SSSR count). The van der Waals surface area contributed by atoms with Gasteiger partial charge in [0.1, 0.15) is 17.1 Å². The van der Waals surface area contributed by atoms with Crippen LogP contribution in [0.3, 0.4) is 0 Å². The molecule has 0 spiro atoms. The minimum Gasteiger partial charge on any atom is -0.481 e. The molecule has 1 N–H and O–H groups in total. The van der Waals surface area contributed by atoms with E-state index in [1.807, 2.05) is 6.07 Å². The van der Waals surface area contributed by atoms with Crippen molar-refractivity contribution in [3.8, 4) is 5.75 Å². The summed E-state index contributed by atoms with van der Waals surface area (Å²) in [4.78, 5) is 23.8. The van der Waals surface area contributed by atoms with Crippen molar-refractivity contribution in [2.75, 3.05) is 0 Å². The summed E-state index contributed by atoms with van der Waals surface area (Å²) in [5.41, 5.74) is -0.337. The third kappa shape index (κ3) is 1.92. The summed E-state index contributed by atoms with van der Waals surface area (Å²) in [6.07, 6.45) is -2.24. The summed E-state index contributed by atoms with van der Waals surface area (Å²) in [6, 6.07) is 10.4. The molecule has 1 aromatic carbocycles. The monoisotopic (exact) mass is 272 g/mol. The van der Waals surface area contributed by atoms with Gasteiger partial charge in [-0.3, -0.25) is 4.79 Å². The minimum absolute atomic E-state index is 0.155. The number of Topliss-reactive ketones (excluding diaryl/α,β-unsaturated/α-hetero) is 1. The van der Waals surface area contributed by atoms with E-state index in [4.69, 9.17) is 9.15 Å². The van der Waals surface area contributed by atoms with Crippen molar-refractivity contribution in [1.29, 1.82) is 0 Å². The molecule has 2 heterocycles. The van der Waals surface area contributed by atoms with E-state index in [9.17, 15) is 14.7 Å². The zero-order chi connectivity index (χ0) is 14.3. The molecule has 0 saturated carbocycles. The number of ether oxygens (including phenoxy) is 1. The number of aliphatic hydroxyl groups is 1. The van der Waals surface area contributed by atoms with Crippen molar-refractivity contribution >= 4 is 5.78 Å². The molecule has 0 amide bonds. The zero-order valence-corrected chi connectivity index (χ0v) is 10.7. The van der Waals surface area contributed by atoms with E-state index in [2.05, 4.69) is 0 Å². The maximum absolute atomic E-state index is 12.1. The van der Waals surface area contributed by atoms with Crippen LogP contribution in [0.25, 0.3) is 0 Å². The van der Waals surface area contributed by atoms with Crippen molar-refractivity contribution in [3.05, 3.63) is 63.7 Å². The second-order valence-electron chi connectivity index (χ2n) is 4.64. The number of carbonyl (C=O) groups is 1.